The van der Waals surface area contributed by atoms with Crippen LogP contribution in [0.4, 0.5) is 0 Å². The summed E-state index contributed by atoms with van der Waals surface area (Å²) in [6, 6.07) is 6.58. The third-order valence-corrected chi connectivity index (χ3v) is 3.88. The van der Waals surface area contributed by atoms with E-state index in [2.05, 4.69) is 55.9 Å². The van der Waals surface area contributed by atoms with Crippen LogP contribution in [0.3, 0.4) is 0 Å². The summed E-state index contributed by atoms with van der Waals surface area (Å²) in [4.78, 5) is 4.25. The highest BCUT2D eigenvalue weighted by atomic mass is 79.9. The summed E-state index contributed by atoms with van der Waals surface area (Å²) < 4.78 is 3.31. The fraction of sp³-hybridized carbons (Fsp3) is 0.400. The molecule has 1 aromatic heterocycles. The molecule has 0 radical (unpaired) electrons. The van der Waals surface area contributed by atoms with Gasteiger partial charge in [-0.1, -0.05) is 35.0 Å². The van der Waals surface area contributed by atoms with Crippen molar-refractivity contribution in [3.8, 4) is 0 Å². The van der Waals surface area contributed by atoms with Crippen LogP contribution in [0, 0.1) is 6.92 Å². The van der Waals surface area contributed by atoms with E-state index in [0.29, 0.717) is 0 Å². The van der Waals surface area contributed by atoms with Crippen molar-refractivity contribution in [1.82, 2.24) is 14.9 Å². The molecule has 1 aromatic carbocycles. The molecule has 0 saturated carbocycles. The molecule has 0 fully saturated rings. The van der Waals surface area contributed by atoms with Gasteiger partial charge in [0.1, 0.15) is 5.82 Å². The minimum Gasteiger partial charge on any atom is -0.331 e. The Hall–Kier alpha value is -1.13. The number of halogens is 1. The number of nitrogens with one attached hydrogen (secondary N) is 1. The summed E-state index contributed by atoms with van der Waals surface area (Å²) in [6.07, 6.45) is 5.02. The van der Waals surface area contributed by atoms with Crippen molar-refractivity contribution >= 4 is 15.9 Å². The predicted octanol–water partition coefficient (Wildman–Crippen LogP) is 3.50. The predicted molar refractivity (Wildman–Crippen MR) is 82.2 cm³/mol. The van der Waals surface area contributed by atoms with Crippen LogP contribution >= 0.6 is 15.9 Å². The number of aromatic nitrogens is 2. The number of imidazole rings is 1. The van der Waals surface area contributed by atoms with Crippen molar-refractivity contribution in [2.45, 2.75) is 33.4 Å². The molecule has 102 valence electrons. The maximum absolute atomic E-state index is 4.25. The summed E-state index contributed by atoms with van der Waals surface area (Å²) in [5.74, 6) is 1.04. The molecule has 2 rings (SSSR count). The molecule has 2 aromatic rings. The second-order valence-electron chi connectivity index (χ2n) is 4.70. The van der Waals surface area contributed by atoms with Crippen molar-refractivity contribution in [2.24, 2.45) is 0 Å². The number of hydrogen-bond acceptors (Lipinski definition) is 2. The van der Waals surface area contributed by atoms with Gasteiger partial charge in [-0.15, -0.1) is 0 Å². The van der Waals surface area contributed by atoms with E-state index in [1.165, 1.54) is 17.5 Å². The van der Waals surface area contributed by atoms with Gasteiger partial charge >= 0.3 is 0 Å². The first-order valence-electron chi connectivity index (χ1n) is 6.66. The third-order valence-electron chi connectivity index (χ3n) is 3.14. The van der Waals surface area contributed by atoms with Gasteiger partial charge < -0.3 is 9.88 Å². The van der Waals surface area contributed by atoms with Crippen LogP contribution in [0.25, 0.3) is 0 Å². The SMILES string of the molecule is CCCNCc1ccc(Cn2ccnc2C)c(Br)c1. The Balaban J connectivity index is 2.05. The Labute approximate surface area is 123 Å². The van der Waals surface area contributed by atoms with Gasteiger partial charge in [0.2, 0.25) is 0 Å². The fourth-order valence-corrected chi connectivity index (χ4v) is 2.54. The number of nitrogens with zero attached hydrogens (tertiary/aromatic N) is 2. The van der Waals surface area contributed by atoms with Crippen molar-refractivity contribution in [2.75, 3.05) is 6.54 Å². The van der Waals surface area contributed by atoms with Gasteiger partial charge in [0.15, 0.2) is 0 Å². The highest BCUT2D eigenvalue weighted by Crippen LogP contribution is 2.20. The number of benzene rings is 1. The van der Waals surface area contributed by atoms with Crippen LogP contribution in [-0.2, 0) is 13.1 Å². The summed E-state index contributed by atoms with van der Waals surface area (Å²) in [5, 5.41) is 3.42. The van der Waals surface area contributed by atoms with Crippen molar-refractivity contribution < 1.29 is 0 Å². The molecule has 3 nitrogen and oxygen atoms in total. The first-order chi connectivity index (χ1) is 9.20. The molecule has 0 amide bonds. The molecule has 0 aliphatic rings. The largest absolute Gasteiger partial charge is 0.331 e. The van der Waals surface area contributed by atoms with Crippen LogP contribution in [0.5, 0.6) is 0 Å². The molecule has 0 aliphatic heterocycles. The van der Waals surface area contributed by atoms with Crippen LogP contribution in [-0.4, -0.2) is 16.1 Å². The molecule has 1 heterocycles. The van der Waals surface area contributed by atoms with Crippen LogP contribution in [0.15, 0.2) is 35.1 Å². The van der Waals surface area contributed by atoms with E-state index in [9.17, 15) is 0 Å². The number of aryl methyl sites for hydroxylation is 1. The molecule has 0 spiro atoms. The van der Waals surface area contributed by atoms with Crippen molar-refractivity contribution in [1.29, 1.82) is 0 Å². The third kappa shape index (κ3) is 3.91. The first kappa shape index (κ1) is 14.3. The van der Waals surface area contributed by atoms with E-state index in [1.807, 2.05) is 19.3 Å². The lowest BCUT2D eigenvalue weighted by Crippen LogP contribution is -2.13. The van der Waals surface area contributed by atoms with Crippen molar-refractivity contribution in [3.05, 3.63) is 52.0 Å². The van der Waals surface area contributed by atoms with E-state index in [4.69, 9.17) is 0 Å². The van der Waals surface area contributed by atoms with E-state index in [1.54, 1.807) is 0 Å². The molecular weight excluding hydrogens is 302 g/mol. The lowest BCUT2D eigenvalue weighted by molar-refractivity contribution is 0.674. The molecule has 1 N–H and O–H groups in total. The normalized spacial score (nSPS) is 10.9. The topological polar surface area (TPSA) is 29.9 Å². The van der Waals surface area contributed by atoms with E-state index >= 15 is 0 Å². The van der Waals surface area contributed by atoms with Gasteiger partial charge in [-0.2, -0.15) is 0 Å². The minimum atomic E-state index is 0.856. The molecule has 0 bridgehead atoms. The summed E-state index contributed by atoms with van der Waals surface area (Å²) >= 11 is 3.66. The number of rotatable bonds is 6. The monoisotopic (exact) mass is 321 g/mol. The van der Waals surface area contributed by atoms with E-state index in [0.717, 1.165) is 29.9 Å². The second kappa shape index (κ2) is 6.87. The fourth-order valence-electron chi connectivity index (χ4n) is 1.99. The zero-order valence-corrected chi connectivity index (χ0v) is 13.1. The standard InChI is InChI=1S/C15H20BrN3/c1-3-6-17-10-13-4-5-14(15(16)9-13)11-19-8-7-18-12(19)2/h4-5,7-9,17H,3,6,10-11H2,1-2H3. The Kier molecular flexibility index (Phi) is 5.16. The second-order valence-corrected chi connectivity index (χ2v) is 5.56. The van der Waals surface area contributed by atoms with Crippen molar-refractivity contribution in [3.63, 3.8) is 0 Å². The van der Waals surface area contributed by atoms with E-state index in [-0.39, 0.29) is 0 Å². The van der Waals surface area contributed by atoms with Gasteiger partial charge in [0.05, 0.1) is 0 Å². The Morgan fingerprint density at radius 3 is 2.84 bits per heavy atom. The summed E-state index contributed by atoms with van der Waals surface area (Å²) in [5.41, 5.74) is 2.59. The maximum Gasteiger partial charge on any atom is 0.105 e. The highest BCUT2D eigenvalue weighted by Gasteiger charge is 2.04. The quantitative estimate of drug-likeness (QED) is 0.825. The highest BCUT2D eigenvalue weighted by molar-refractivity contribution is 9.10. The molecular formula is C15H20BrN3. The van der Waals surface area contributed by atoms with E-state index < -0.39 is 0 Å². The van der Waals surface area contributed by atoms with Gasteiger partial charge in [0, 0.05) is 30.0 Å². The Bertz CT molecular complexity index is 534. The zero-order valence-electron chi connectivity index (χ0n) is 11.5. The lowest BCUT2D eigenvalue weighted by atomic mass is 10.1. The first-order valence-corrected chi connectivity index (χ1v) is 7.45. The minimum absolute atomic E-state index is 0.856. The van der Waals surface area contributed by atoms with Gasteiger partial charge in [0.25, 0.3) is 0 Å². The lowest BCUT2D eigenvalue weighted by Gasteiger charge is -2.10. The maximum atomic E-state index is 4.25. The van der Waals surface area contributed by atoms with Gasteiger partial charge in [-0.05, 0) is 37.1 Å². The zero-order chi connectivity index (χ0) is 13.7. The van der Waals surface area contributed by atoms with Gasteiger partial charge in [-0.25, -0.2) is 4.98 Å². The number of hydrogen-bond donors (Lipinski definition) is 1. The average molecular weight is 322 g/mol. The van der Waals surface area contributed by atoms with Crippen LogP contribution < -0.4 is 5.32 Å². The molecule has 0 atom stereocenters. The Morgan fingerprint density at radius 2 is 2.21 bits per heavy atom. The summed E-state index contributed by atoms with van der Waals surface area (Å²) in [6.45, 7) is 7.05. The summed E-state index contributed by atoms with van der Waals surface area (Å²) in [7, 11) is 0. The molecule has 4 heteroatoms. The smallest absolute Gasteiger partial charge is 0.105 e. The molecule has 0 saturated heterocycles. The van der Waals surface area contributed by atoms with Crippen LogP contribution in [0.1, 0.15) is 30.3 Å². The van der Waals surface area contributed by atoms with Gasteiger partial charge in [-0.3, -0.25) is 0 Å². The molecule has 0 unspecified atom stereocenters. The Morgan fingerprint density at radius 1 is 1.37 bits per heavy atom. The average Bonchev–Trinajstić information content (AvgIpc) is 2.79. The van der Waals surface area contributed by atoms with Crippen LogP contribution in [0.2, 0.25) is 0 Å². The molecule has 19 heavy (non-hydrogen) atoms. The molecule has 0 aliphatic carbocycles.